The molecule has 0 aliphatic rings. The summed E-state index contributed by atoms with van der Waals surface area (Å²) in [6.07, 6.45) is 0. The maximum atomic E-state index is 8.13. The molecule has 4 aromatic rings. The van der Waals surface area contributed by atoms with Crippen LogP contribution < -0.4 is 10.6 Å². The first-order valence-corrected chi connectivity index (χ1v) is 9.16. The predicted molar refractivity (Wildman–Crippen MR) is 114 cm³/mol. The molecule has 0 bridgehead atoms. The zero-order chi connectivity index (χ0) is 19.3. The van der Waals surface area contributed by atoms with E-state index in [9.17, 15) is 0 Å². The van der Waals surface area contributed by atoms with Gasteiger partial charge in [0.25, 0.3) is 0 Å². The number of nitrogens with zero attached hydrogens (tertiary/aromatic N) is 2. The number of benzene rings is 3. The van der Waals surface area contributed by atoms with Crippen molar-refractivity contribution >= 4 is 22.8 Å². The number of aromatic nitrogens is 2. The number of para-hydroxylation sites is 1. The standard InChI is InChI=1S/C23H21N5/c1-16-20-9-5-6-10-21(20)27-23(26-16)28-22(24)25-15-17-11-13-19(14-12-17)18-7-3-2-4-8-18/h2-14H,15H2,1H3,(H3,24,25,26,27,28). The van der Waals surface area contributed by atoms with E-state index in [1.54, 1.807) is 0 Å². The molecule has 3 aromatic carbocycles. The van der Waals surface area contributed by atoms with Gasteiger partial charge in [0.1, 0.15) is 0 Å². The van der Waals surface area contributed by atoms with Crippen molar-refractivity contribution in [1.82, 2.24) is 15.3 Å². The minimum Gasteiger partial charge on any atom is -0.352 e. The number of hydrogen-bond acceptors (Lipinski definition) is 3. The van der Waals surface area contributed by atoms with Crippen LogP contribution in [0.5, 0.6) is 0 Å². The number of rotatable bonds is 4. The van der Waals surface area contributed by atoms with E-state index in [-0.39, 0.29) is 5.96 Å². The highest BCUT2D eigenvalue weighted by molar-refractivity contribution is 5.91. The molecule has 5 heteroatoms. The molecule has 0 atom stereocenters. The van der Waals surface area contributed by atoms with Gasteiger partial charge in [0.05, 0.1) is 11.2 Å². The van der Waals surface area contributed by atoms with Crippen LogP contribution in [-0.4, -0.2) is 15.9 Å². The summed E-state index contributed by atoms with van der Waals surface area (Å²) in [6, 6.07) is 26.5. The minimum absolute atomic E-state index is 0.168. The molecule has 0 saturated carbocycles. The molecule has 0 fully saturated rings. The fraction of sp³-hybridized carbons (Fsp3) is 0.0870. The van der Waals surface area contributed by atoms with Gasteiger partial charge in [0.2, 0.25) is 5.95 Å². The van der Waals surface area contributed by atoms with Gasteiger partial charge in [-0.25, -0.2) is 9.97 Å². The Bertz CT molecular complexity index is 1100. The monoisotopic (exact) mass is 367 g/mol. The summed E-state index contributed by atoms with van der Waals surface area (Å²) < 4.78 is 0. The number of guanidine groups is 1. The Morgan fingerprint density at radius 3 is 2.29 bits per heavy atom. The van der Waals surface area contributed by atoms with Gasteiger partial charge in [-0.05, 0) is 29.7 Å². The summed E-state index contributed by atoms with van der Waals surface area (Å²) in [5.74, 6) is 0.593. The van der Waals surface area contributed by atoms with Gasteiger partial charge in [-0.2, -0.15) is 0 Å². The normalized spacial score (nSPS) is 10.6. The Hall–Kier alpha value is -3.73. The van der Waals surface area contributed by atoms with Crippen LogP contribution in [0, 0.1) is 12.3 Å². The molecule has 3 N–H and O–H groups in total. The van der Waals surface area contributed by atoms with E-state index in [2.05, 4.69) is 57.0 Å². The second-order valence-corrected chi connectivity index (χ2v) is 6.57. The summed E-state index contributed by atoms with van der Waals surface area (Å²) in [5, 5.41) is 15.1. The Morgan fingerprint density at radius 2 is 1.50 bits per heavy atom. The molecule has 28 heavy (non-hydrogen) atoms. The van der Waals surface area contributed by atoms with Crippen LogP contribution in [0.4, 0.5) is 5.95 Å². The fourth-order valence-corrected chi connectivity index (χ4v) is 3.08. The maximum Gasteiger partial charge on any atom is 0.230 e. The van der Waals surface area contributed by atoms with Crippen LogP contribution in [0.2, 0.25) is 0 Å². The molecular formula is C23H21N5. The molecule has 0 spiro atoms. The van der Waals surface area contributed by atoms with E-state index in [0.29, 0.717) is 12.5 Å². The fourth-order valence-electron chi connectivity index (χ4n) is 3.08. The van der Waals surface area contributed by atoms with Gasteiger partial charge >= 0.3 is 0 Å². The third-order valence-electron chi connectivity index (χ3n) is 4.56. The molecule has 4 rings (SSSR count). The van der Waals surface area contributed by atoms with Crippen LogP contribution >= 0.6 is 0 Å². The van der Waals surface area contributed by atoms with Crippen LogP contribution in [0.15, 0.2) is 78.9 Å². The molecular weight excluding hydrogens is 346 g/mol. The summed E-state index contributed by atoms with van der Waals surface area (Å²) in [6.45, 7) is 2.49. The van der Waals surface area contributed by atoms with Crippen molar-refractivity contribution < 1.29 is 0 Å². The van der Waals surface area contributed by atoms with E-state index in [4.69, 9.17) is 5.41 Å². The SMILES string of the molecule is Cc1nc(NC(=N)NCc2ccc(-c3ccccc3)cc2)nc2ccccc12. The zero-order valence-corrected chi connectivity index (χ0v) is 15.6. The number of aryl methyl sites for hydroxylation is 1. The average molecular weight is 367 g/mol. The molecule has 0 amide bonds. The highest BCUT2D eigenvalue weighted by Crippen LogP contribution is 2.19. The largest absolute Gasteiger partial charge is 0.352 e. The smallest absolute Gasteiger partial charge is 0.230 e. The predicted octanol–water partition coefficient (Wildman–Crippen LogP) is 4.74. The lowest BCUT2D eigenvalue weighted by molar-refractivity contribution is 0.901. The number of hydrogen-bond donors (Lipinski definition) is 3. The van der Waals surface area contributed by atoms with Crippen molar-refractivity contribution in [3.63, 3.8) is 0 Å². The molecule has 0 saturated heterocycles. The highest BCUT2D eigenvalue weighted by atomic mass is 15.2. The van der Waals surface area contributed by atoms with Gasteiger partial charge in [-0.15, -0.1) is 0 Å². The van der Waals surface area contributed by atoms with Crippen molar-refractivity contribution in [3.05, 3.63) is 90.1 Å². The lowest BCUT2D eigenvalue weighted by atomic mass is 10.0. The number of fused-ring (bicyclic) bond motifs is 1. The minimum atomic E-state index is 0.168. The maximum absolute atomic E-state index is 8.13. The Labute approximate surface area is 164 Å². The van der Waals surface area contributed by atoms with Crippen molar-refractivity contribution in [2.24, 2.45) is 0 Å². The second kappa shape index (κ2) is 7.88. The summed E-state index contributed by atoms with van der Waals surface area (Å²) in [4.78, 5) is 8.91. The molecule has 1 heterocycles. The summed E-state index contributed by atoms with van der Waals surface area (Å²) >= 11 is 0. The first-order chi connectivity index (χ1) is 13.7. The first kappa shape index (κ1) is 17.7. The lowest BCUT2D eigenvalue weighted by Crippen LogP contribution is -2.29. The van der Waals surface area contributed by atoms with Gasteiger partial charge in [-0.1, -0.05) is 72.8 Å². The van der Waals surface area contributed by atoms with Crippen LogP contribution in [0.3, 0.4) is 0 Å². The quantitative estimate of drug-likeness (QED) is 0.360. The summed E-state index contributed by atoms with van der Waals surface area (Å²) in [7, 11) is 0. The van der Waals surface area contributed by atoms with Crippen molar-refractivity contribution in [2.75, 3.05) is 5.32 Å². The zero-order valence-electron chi connectivity index (χ0n) is 15.6. The van der Waals surface area contributed by atoms with Gasteiger partial charge < -0.3 is 5.32 Å². The van der Waals surface area contributed by atoms with E-state index in [0.717, 1.165) is 22.2 Å². The Balaban J connectivity index is 1.38. The molecule has 138 valence electrons. The summed E-state index contributed by atoms with van der Waals surface area (Å²) in [5.41, 5.74) is 5.22. The number of nitrogens with one attached hydrogen (secondary N) is 3. The molecule has 0 radical (unpaired) electrons. The molecule has 5 nitrogen and oxygen atoms in total. The Kier molecular flexibility index (Phi) is 4.97. The topological polar surface area (TPSA) is 73.7 Å². The third kappa shape index (κ3) is 3.99. The third-order valence-corrected chi connectivity index (χ3v) is 4.56. The van der Waals surface area contributed by atoms with Gasteiger partial charge in [0, 0.05) is 11.9 Å². The van der Waals surface area contributed by atoms with Crippen LogP contribution in [-0.2, 0) is 6.54 Å². The average Bonchev–Trinajstić information content (AvgIpc) is 2.73. The highest BCUT2D eigenvalue weighted by Gasteiger charge is 2.06. The first-order valence-electron chi connectivity index (χ1n) is 9.16. The van der Waals surface area contributed by atoms with Crippen molar-refractivity contribution in [2.45, 2.75) is 13.5 Å². The van der Waals surface area contributed by atoms with Crippen molar-refractivity contribution in [3.8, 4) is 11.1 Å². The van der Waals surface area contributed by atoms with Crippen LogP contribution in [0.1, 0.15) is 11.3 Å². The molecule has 0 aliphatic carbocycles. The van der Waals surface area contributed by atoms with Gasteiger partial charge in [0.15, 0.2) is 5.96 Å². The molecule has 0 aliphatic heterocycles. The lowest BCUT2D eigenvalue weighted by Gasteiger charge is -2.11. The number of anilines is 1. The van der Waals surface area contributed by atoms with Crippen LogP contribution in [0.25, 0.3) is 22.0 Å². The van der Waals surface area contributed by atoms with E-state index >= 15 is 0 Å². The van der Waals surface area contributed by atoms with E-state index in [1.807, 2.05) is 49.4 Å². The Morgan fingerprint density at radius 1 is 0.821 bits per heavy atom. The van der Waals surface area contributed by atoms with E-state index in [1.165, 1.54) is 11.1 Å². The second-order valence-electron chi connectivity index (χ2n) is 6.57. The van der Waals surface area contributed by atoms with Crippen molar-refractivity contribution in [1.29, 1.82) is 5.41 Å². The van der Waals surface area contributed by atoms with E-state index < -0.39 is 0 Å². The molecule has 0 unspecified atom stereocenters. The molecule has 1 aromatic heterocycles. The van der Waals surface area contributed by atoms with Gasteiger partial charge in [-0.3, -0.25) is 10.7 Å².